The zero-order valence-corrected chi connectivity index (χ0v) is 14.4. The van der Waals surface area contributed by atoms with Crippen LogP contribution in [-0.2, 0) is 16.1 Å². The molecule has 1 saturated heterocycles. The van der Waals surface area contributed by atoms with Crippen molar-refractivity contribution in [3.05, 3.63) is 18.5 Å². The third kappa shape index (κ3) is 5.93. The molecule has 1 fully saturated rings. The van der Waals surface area contributed by atoms with Gasteiger partial charge in [-0.1, -0.05) is 0 Å². The minimum Gasteiger partial charge on any atom is -0.379 e. The van der Waals surface area contributed by atoms with E-state index < -0.39 is 0 Å². The lowest BCUT2D eigenvalue weighted by Crippen LogP contribution is -2.56. The number of carbonyl (C=O) groups excluding carboxylic acids is 1. The molecule has 0 aliphatic carbocycles. The van der Waals surface area contributed by atoms with E-state index in [1.54, 1.807) is 6.20 Å². The highest BCUT2D eigenvalue weighted by Gasteiger charge is 2.28. The van der Waals surface area contributed by atoms with E-state index in [2.05, 4.69) is 34.5 Å². The number of aromatic nitrogens is 2. The molecule has 7 heteroatoms. The van der Waals surface area contributed by atoms with Gasteiger partial charge >= 0.3 is 0 Å². The SMILES string of the molecule is C[C@H](Cn1cccn1)NCC(=O)NCC(C)(C)N1CCOCC1. The second-order valence-electron chi connectivity index (χ2n) is 6.70. The van der Waals surface area contributed by atoms with Gasteiger partial charge in [0.1, 0.15) is 0 Å². The number of morpholine rings is 1. The van der Waals surface area contributed by atoms with Crippen molar-refractivity contribution in [3.8, 4) is 0 Å². The van der Waals surface area contributed by atoms with Crippen LogP contribution in [0, 0.1) is 0 Å². The molecule has 7 nitrogen and oxygen atoms in total. The molecule has 0 radical (unpaired) electrons. The summed E-state index contributed by atoms with van der Waals surface area (Å²) < 4.78 is 7.24. The summed E-state index contributed by atoms with van der Waals surface area (Å²) in [5, 5.41) is 10.4. The molecule has 1 atom stereocenters. The summed E-state index contributed by atoms with van der Waals surface area (Å²) >= 11 is 0. The summed E-state index contributed by atoms with van der Waals surface area (Å²) in [5.41, 5.74) is -0.0554. The average Bonchev–Trinajstić information content (AvgIpc) is 3.05. The van der Waals surface area contributed by atoms with Gasteiger partial charge < -0.3 is 15.4 Å². The van der Waals surface area contributed by atoms with Crippen molar-refractivity contribution in [2.75, 3.05) is 39.4 Å². The number of nitrogens with one attached hydrogen (secondary N) is 2. The molecule has 1 aliphatic heterocycles. The van der Waals surface area contributed by atoms with Crippen molar-refractivity contribution < 1.29 is 9.53 Å². The minimum atomic E-state index is -0.0554. The fourth-order valence-electron chi connectivity index (χ4n) is 2.68. The Bertz CT molecular complexity index is 469. The number of ether oxygens (including phenoxy) is 1. The van der Waals surface area contributed by atoms with Crippen molar-refractivity contribution in [1.82, 2.24) is 25.3 Å². The molecule has 1 amide bonds. The van der Waals surface area contributed by atoms with Crippen LogP contribution in [0.4, 0.5) is 0 Å². The fraction of sp³-hybridized carbons (Fsp3) is 0.750. The fourth-order valence-corrected chi connectivity index (χ4v) is 2.68. The normalized spacial score (nSPS) is 17.9. The third-order valence-corrected chi connectivity index (χ3v) is 4.22. The Labute approximate surface area is 138 Å². The third-order valence-electron chi connectivity index (χ3n) is 4.22. The first-order valence-corrected chi connectivity index (χ1v) is 8.28. The monoisotopic (exact) mass is 323 g/mol. The van der Waals surface area contributed by atoms with Crippen LogP contribution in [0.1, 0.15) is 20.8 Å². The molecule has 1 aromatic heterocycles. The predicted octanol–water partition coefficient (Wildman–Crippen LogP) is 0.0882. The maximum atomic E-state index is 12.0. The molecule has 1 aromatic rings. The summed E-state index contributed by atoms with van der Waals surface area (Å²) in [4.78, 5) is 14.4. The summed E-state index contributed by atoms with van der Waals surface area (Å²) in [5.74, 6) is 0.0265. The molecular formula is C16H29N5O2. The Balaban J connectivity index is 1.65. The van der Waals surface area contributed by atoms with Crippen LogP contribution in [0.15, 0.2) is 18.5 Å². The quantitative estimate of drug-likeness (QED) is 0.709. The van der Waals surface area contributed by atoms with Gasteiger partial charge in [-0.2, -0.15) is 5.10 Å². The summed E-state index contributed by atoms with van der Waals surface area (Å²) in [6.45, 7) is 11.4. The molecule has 0 spiro atoms. The molecule has 23 heavy (non-hydrogen) atoms. The van der Waals surface area contributed by atoms with Gasteiger partial charge in [0.15, 0.2) is 0 Å². The zero-order valence-electron chi connectivity index (χ0n) is 14.4. The lowest BCUT2D eigenvalue weighted by molar-refractivity contribution is -0.121. The van der Waals surface area contributed by atoms with Crippen LogP contribution in [0.5, 0.6) is 0 Å². The van der Waals surface area contributed by atoms with Crippen LogP contribution < -0.4 is 10.6 Å². The van der Waals surface area contributed by atoms with Crippen LogP contribution in [0.3, 0.4) is 0 Å². The van der Waals surface area contributed by atoms with E-state index >= 15 is 0 Å². The van der Waals surface area contributed by atoms with Gasteiger partial charge in [-0.3, -0.25) is 14.4 Å². The summed E-state index contributed by atoms with van der Waals surface area (Å²) in [6.07, 6.45) is 3.68. The molecule has 2 rings (SSSR count). The predicted molar refractivity (Wildman–Crippen MR) is 89.2 cm³/mol. The van der Waals surface area contributed by atoms with E-state index in [9.17, 15) is 4.79 Å². The Morgan fingerprint density at radius 3 is 2.78 bits per heavy atom. The van der Waals surface area contributed by atoms with Crippen molar-refractivity contribution in [3.63, 3.8) is 0 Å². The highest BCUT2D eigenvalue weighted by molar-refractivity contribution is 5.78. The van der Waals surface area contributed by atoms with Crippen molar-refractivity contribution >= 4 is 5.91 Å². The lowest BCUT2D eigenvalue weighted by atomic mass is 10.0. The second-order valence-corrected chi connectivity index (χ2v) is 6.70. The van der Waals surface area contributed by atoms with Crippen LogP contribution in [0.25, 0.3) is 0 Å². The van der Waals surface area contributed by atoms with Crippen LogP contribution in [0.2, 0.25) is 0 Å². The van der Waals surface area contributed by atoms with E-state index in [-0.39, 0.29) is 17.5 Å². The molecular weight excluding hydrogens is 294 g/mol. The van der Waals surface area contributed by atoms with E-state index in [1.807, 2.05) is 23.9 Å². The largest absolute Gasteiger partial charge is 0.379 e. The minimum absolute atomic E-state index is 0.0265. The Kier molecular flexibility index (Phi) is 6.56. The van der Waals surface area contributed by atoms with Gasteiger partial charge in [0.25, 0.3) is 0 Å². The second kappa shape index (κ2) is 8.42. The number of nitrogens with zero attached hydrogens (tertiary/aromatic N) is 3. The first kappa shape index (κ1) is 17.9. The van der Waals surface area contributed by atoms with E-state index in [1.165, 1.54) is 0 Å². The van der Waals surface area contributed by atoms with Gasteiger partial charge in [0.2, 0.25) is 5.91 Å². The molecule has 0 aromatic carbocycles. The average molecular weight is 323 g/mol. The number of carbonyl (C=O) groups is 1. The van der Waals surface area contributed by atoms with E-state index in [0.29, 0.717) is 13.1 Å². The molecule has 0 unspecified atom stereocenters. The summed E-state index contributed by atoms with van der Waals surface area (Å²) in [6, 6.07) is 2.08. The van der Waals surface area contributed by atoms with Crippen molar-refractivity contribution in [2.45, 2.75) is 38.9 Å². The lowest BCUT2D eigenvalue weighted by Gasteiger charge is -2.40. The smallest absolute Gasteiger partial charge is 0.234 e. The first-order chi connectivity index (χ1) is 11.0. The van der Waals surface area contributed by atoms with Gasteiger partial charge in [0.05, 0.1) is 26.3 Å². The topological polar surface area (TPSA) is 71.4 Å². The van der Waals surface area contributed by atoms with E-state index in [0.717, 1.165) is 32.8 Å². The summed E-state index contributed by atoms with van der Waals surface area (Å²) in [7, 11) is 0. The van der Waals surface area contributed by atoms with Gasteiger partial charge in [-0.05, 0) is 26.8 Å². The molecule has 130 valence electrons. The molecule has 1 aliphatic rings. The van der Waals surface area contributed by atoms with Crippen LogP contribution >= 0.6 is 0 Å². The Hall–Kier alpha value is -1.44. The molecule has 2 heterocycles. The first-order valence-electron chi connectivity index (χ1n) is 8.28. The highest BCUT2D eigenvalue weighted by atomic mass is 16.5. The molecule has 0 bridgehead atoms. The number of hydrogen-bond donors (Lipinski definition) is 2. The number of rotatable bonds is 8. The Morgan fingerprint density at radius 1 is 1.39 bits per heavy atom. The Morgan fingerprint density at radius 2 is 2.13 bits per heavy atom. The molecule has 2 N–H and O–H groups in total. The zero-order chi connectivity index (χ0) is 16.7. The van der Waals surface area contributed by atoms with Gasteiger partial charge in [0, 0.05) is 43.6 Å². The van der Waals surface area contributed by atoms with Gasteiger partial charge in [-0.25, -0.2) is 0 Å². The standard InChI is InChI=1S/C16H29N5O2/c1-14(12-21-6-4-5-19-21)17-11-15(22)18-13-16(2,3)20-7-9-23-10-8-20/h4-6,14,17H,7-13H2,1-3H3,(H,18,22)/t14-/m1/s1. The highest BCUT2D eigenvalue weighted by Crippen LogP contribution is 2.14. The number of hydrogen-bond acceptors (Lipinski definition) is 5. The van der Waals surface area contributed by atoms with Crippen molar-refractivity contribution in [2.24, 2.45) is 0 Å². The van der Waals surface area contributed by atoms with Crippen molar-refractivity contribution in [1.29, 1.82) is 0 Å². The number of amides is 1. The van der Waals surface area contributed by atoms with E-state index in [4.69, 9.17) is 4.74 Å². The maximum absolute atomic E-state index is 12.0. The molecule has 0 saturated carbocycles. The van der Waals surface area contributed by atoms with Gasteiger partial charge in [-0.15, -0.1) is 0 Å². The maximum Gasteiger partial charge on any atom is 0.234 e. The van der Waals surface area contributed by atoms with Crippen LogP contribution in [-0.4, -0.2) is 71.6 Å².